The van der Waals surface area contributed by atoms with Crippen molar-refractivity contribution in [2.24, 2.45) is 0 Å². The van der Waals surface area contributed by atoms with Gasteiger partial charge in [-0.05, 0) is 52.2 Å². The van der Waals surface area contributed by atoms with Crippen molar-refractivity contribution >= 4 is 18.2 Å². The SMILES string of the molecule is CC1(C)OB(c2ccc(C3=CC=CCC3)nc2)OC1(C)C. The molecule has 0 unspecified atom stereocenters. The first-order valence-electron chi connectivity index (χ1n) is 7.57. The lowest BCUT2D eigenvalue weighted by Crippen LogP contribution is -2.41. The van der Waals surface area contributed by atoms with Crippen LogP contribution in [0, 0.1) is 0 Å². The average molecular weight is 283 g/mol. The highest BCUT2D eigenvalue weighted by Crippen LogP contribution is 2.36. The second-order valence-electron chi connectivity index (χ2n) is 6.72. The first-order chi connectivity index (χ1) is 9.89. The Hall–Kier alpha value is -1.39. The largest absolute Gasteiger partial charge is 0.496 e. The van der Waals surface area contributed by atoms with Gasteiger partial charge in [0.1, 0.15) is 0 Å². The molecule has 0 N–H and O–H groups in total. The predicted octanol–water partition coefficient (Wildman–Crippen LogP) is 3.11. The highest BCUT2D eigenvalue weighted by atomic mass is 16.7. The fourth-order valence-corrected chi connectivity index (χ4v) is 2.53. The fourth-order valence-electron chi connectivity index (χ4n) is 2.53. The molecule has 21 heavy (non-hydrogen) atoms. The lowest BCUT2D eigenvalue weighted by molar-refractivity contribution is 0.00578. The first-order valence-corrected chi connectivity index (χ1v) is 7.57. The van der Waals surface area contributed by atoms with E-state index in [1.165, 1.54) is 5.57 Å². The molecule has 0 aromatic carbocycles. The number of nitrogens with zero attached hydrogens (tertiary/aromatic N) is 1. The molecule has 0 radical (unpaired) electrons. The van der Waals surface area contributed by atoms with Gasteiger partial charge in [0.25, 0.3) is 0 Å². The summed E-state index contributed by atoms with van der Waals surface area (Å²) < 4.78 is 12.1. The number of rotatable bonds is 2. The normalized spacial score (nSPS) is 23.2. The van der Waals surface area contributed by atoms with Gasteiger partial charge in [-0.1, -0.05) is 24.3 Å². The summed E-state index contributed by atoms with van der Waals surface area (Å²) in [7, 11) is -0.336. The van der Waals surface area contributed by atoms with Crippen molar-refractivity contribution in [2.75, 3.05) is 0 Å². The van der Waals surface area contributed by atoms with Crippen molar-refractivity contribution in [3.05, 3.63) is 42.3 Å². The number of hydrogen-bond donors (Lipinski definition) is 0. The van der Waals surface area contributed by atoms with Crippen molar-refractivity contribution in [3.8, 4) is 0 Å². The monoisotopic (exact) mass is 283 g/mol. The van der Waals surface area contributed by atoms with Crippen molar-refractivity contribution < 1.29 is 9.31 Å². The van der Waals surface area contributed by atoms with Crippen LogP contribution in [0.5, 0.6) is 0 Å². The number of allylic oxidation sites excluding steroid dienone is 4. The highest BCUT2D eigenvalue weighted by Gasteiger charge is 2.51. The molecule has 4 heteroatoms. The minimum atomic E-state index is -0.336. The predicted molar refractivity (Wildman–Crippen MR) is 86.3 cm³/mol. The molecule has 1 aromatic rings. The third kappa shape index (κ3) is 2.70. The topological polar surface area (TPSA) is 31.4 Å². The van der Waals surface area contributed by atoms with Gasteiger partial charge >= 0.3 is 7.12 Å². The van der Waals surface area contributed by atoms with E-state index in [0.717, 1.165) is 24.0 Å². The van der Waals surface area contributed by atoms with E-state index in [1.807, 2.05) is 6.20 Å². The van der Waals surface area contributed by atoms with Crippen LogP contribution in [0.1, 0.15) is 46.2 Å². The Kier molecular flexibility index (Phi) is 3.54. The number of hydrogen-bond acceptors (Lipinski definition) is 3. The van der Waals surface area contributed by atoms with Crippen LogP contribution in [0.4, 0.5) is 0 Å². The minimum Gasteiger partial charge on any atom is -0.399 e. The third-order valence-electron chi connectivity index (χ3n) is 4.65. The molecule has 1 aromatic heterocycles. The zero-order chi connectivity index (χ0) is 15.1. The quantitative estimate of drug-likeness (QED) is 0.781. The summed E-state index contributed by atoms with van der Waals surface area (Å²) in [6.45, 7) is 8.25. The maximum absolute atomic E-state index is 6.05. The van der Waals surface area contributed by atoms with E-state index in [9.17, 15) is 0 Å². The summed E-state index contributed by atoms with van der Waals surface area (Å²) in [6.07, 6.45) is 10.4. The van der Waals surface area contributed by atoms with E-state index in [4.69, 9.17) is 9.31 Å². The van der Waals surface area contributed by atoms with Gasteiger partial charge in [-0.25, -0.2) is 0 Å². The number of aromatic nitrogens is 1. The molecule has 0 bridgehead atoms. The lowest BCUT2D eigenvalue weighted by atomic mass is 9.80. The molecule has 110 valence electrons. The lowest BCUT2D eigenvalue weighted by Gasteiger charge is -2.32. The Balaban J connectivity index is 1.79. The molecule has 0 spiro atoms. The summed E-state index contributed by atoms with van der Waals surface area (Å²) in [6, 6.07) is 4.12. The molecular formula is C17H22BNO2. The van der Waals surface area contributed by atoms with Crippen LogP contribution in [-0.2, 0) is 9.31 Å². The van der Waals surface area contributed by atoms with Crippen LogP contribution in [-0.4, -0.2) is 23.3 Å². The van der Waals surface area contributed by atoms with Gasteiger partial charge in [0.15, 0.2) is 0 Å². The molecule has 3 rings (SSSR count). The molecule has 2 aliphatic rings. The van der Waals surface area contributed by atoms with Crippen LogP contribution in [0.3, 0.4) is 0 Å². The van der Waals surface area contributed by atoms with Crippen LogP contribution in [0.15, 0.2) is 36.6 Å². The van der Waals surface area contributed by atoms with Gasteiger partial charge in [0.05, 0.1) is 16.9 Å². The molecule has 1 fully saturated rings. The van der Waals surface area contributed by atoms with Crippen molar-refractivity contribution in [1.29, 1.82) is 0 Å². The molecule has 2 heterocycles. The Bertz CT molecular complexity index is 571. The van der Waals surface area contributed by atoms with Crippen LogP contribution >= 0.6 is 0 Å². The Morgan fingerprint density at radius 1 is 1.10 bits per heavy atom. The van der Waals surface area contributed by atoms with E-state index in [0.29, 0.717) is 0 Å². The van der Waals surface area contributed by atoms with Gasteiger partial charge in [0.2, 0.25) is 0 Å². The van der Waals surface area contributed by atoms with Gasteiger partial charge < -0.3 is 9.31 Å². The van der Waals surface area contributed by atoms with Gasteiger partial charge in [0, 0.05) is 11.7 Å². The van der Waals surface area contributed by atoms with Crippen molar-refractivity contribution in [2.45, 2.75) is 51.7 Å². The molecular weight excluding hydrogens is 261 g/mol. The van der Waals surface area contributed by atoms with Crippen molar-refractivity contribution in [1.82, 2.24) is 4.98 Å². The average Bonchev–Trinajstić information content (AvgIpc) is 2.69. The Labute approximate surface area is 127 Å². The molecule has 1 aliphatic heterocycles. The zero-order valence-electron chi connectivity index (χ0n) is 13.2. The zero-order valence-corrected chi connectivity index (χ0v) is 13.2. The van der Waals surface area contributed by atoms with E-state index in [1.54, 1.807) is 0 Å². The van der Waals surface area contributed by atoms with E-state index in [2.05, 4.69) is 63.0 Å². The molecule has 1 saturated heterocycles. The van der Waals surface area contributed by atoms with Crippen LogP contribution in [0.25, 0.3) is 5.57 Å². The highest BCUT2D eigenvalue weighted by molar-refractivity contribution is 6.62. The summed E-state index contributed by atoms with van der Waals surface area (Å²) in [4.78, 5) is 4.58. The van der Waals surface area contributed by atoms with Gasteiger partial charge in [-0.2, -0.15) is 0 Å². The van der Waals surface area contributed by atoms with Gasteiger partial charge in [-0.15, -0.1) is 0 Å². The van der Waals surface area contributed by atoms with Crippen molar-refractivity contribution in [3.63, 3.8) is 0 Å². The molecule has 0 atom stereocenters. The Morgan fingerprint density at radius 3 is 2.33 bits per heavy atom. The molecule has 0 saturated carbocycles. The van der Waals surface area contributed by atoms with E-state index in [-0.39, 0.29) is 18.3 Å². The number of pyridine rings is 1. The van der Waals surface area contributed by atoms with Crippen LogP contribution in [0.2, 0.25) is 0 Å². The molecule has 1 aliphatic carbocycles. The van der Waals surface area contributed by atoms with Crippen LogP contribution < -0.4 is 5.46 Å². The Morgan fingerprint density at radius 2 is 1.81 bits per heavy atom. The summed E-state index contributed by atoms with van der Waals surface area (Å²) in [5.41, 5.74) is 2.68. The summed E-state index contributed by atoms with van der Waals surface area (Å²) in [5.74, 6) is 0. The minimum absolute atomic E-state index is 0.312. The summed E-state index contributed by atoms with van der Waals surface area (Å²) in [5, 5.41) is 0. The van der Waals surface area contributed by atoms with E-state index < -0.39 is 0 Å². The molecule has 0 amide bonds. The maximum atomic E-state index is 6.05. The maximum Gasteiger partial charge on any atom is 0.496 e. The summed E-state index contributed by atoms with van der Waals surface area (Å²) >= 11 is 0. The molecule has 3 nitrogen and oxygen atoms in total. The third-order valence-corrected chi connectivity index (χ3v) is 4.65. The van der Waals surface area contributed by atoms with E-state index >= 15 is 0 Å². The smallest absolute Gasteiger partial charge is 0.399 e. The standard InChI is InChI=1S/C17H22BNO2/c1-16(2)17(3,4)21-18(20-16)14-10-11-15(19-12-14)13-8-6-5-7-9-13/h5-6,8,10-12H,7,9H2,1-4H3. The van der Waals surface area contributed by atoms with Gasteiger partial charge in [-0.3, -0.25) is 4.98 Å². The first kappa shape index (κ1) is 14.5. The second kappa shape index (κ2) is 5.11. The second-order valence-corrected chi connectivity index (χ2v) is 6.72. The fraction of sp³-hybridized carbons (Fsp3) is 0.471.